The Bertz CT molecular complexity index is 436. The fourth-order valence-electron chi connectivity index (χ4n) is 2.01. The second-order valence-corrected chi connectivity index (χ2v) is 4.29. The summed E-state index contributed by atoms with van der Waals surface area (Å²) in [6, 6.07) is 0. The first-order valence-electron chi connectivity index (χ1n) is 5.80. The summed E-state index contributed by atoms with van der Waals surface area (Å²) in [4.78, 5) is 17.7. The van der Waals surface area contributed by atoms with E-state index in [-0.39, 0.29) is 18.6 Å². The molecule has 0 amide bonds. The molecule has 6 heteroatoms. The lowest BCUT2D eigenvalue weighted by atomic mass is 10.3. The number of aliphatic hydroxyl groups is 2. The topological polar surface area (TPSA) is 78.6 Å². The average molecular weight is 239 g/mol. The number of aliphatic hydroxyl groups excluding tert-OH is 2. The summed E-state index contributed by atoms with van der Waals surface area (Å²) in [5.74, 6) is 0.302. The number of β-amino-alcohol motifs (C(OH)–C–C–N with tert-alkyl or cyclic N) is 2. The molecule has 2 unspecified atom stereocenters. The van der Waals surface area contributed by atoms with Crippen LogP contribution in [0, 0.1) is 0 Å². The minimum absolute atomic E-state index is 0.171. The molecule has 2 atom stereocenters. The predicted molar refractivity (Wildman–Crippen MR) is 63.0 cm³/mol. The van der Waals surface area contributed by atoms with Crippen molar-refractivity contribution in [2.75, 3.05) is 18.0 Å². The predicted octanol–water partition coefficient (Wildman–Crippen LogP) is -0.805. The van der Waals surface area contributed by atoms with Crippen molar-refractivity contribution in [3.8, 4) is 0 Å². The van der Waals surface area contributed by atoms with Gasteiger partial charge in [-0.2, -0.15) is 0 Å². The summed E-state index contributed by atoms with van der Waals surface area (Å²) in [6.45, 7) is 3.14. The molecule has 1 aliphatic heterocycles. The fraction of sp³-hybridized carbons (Fsp3) is 0.636. The molecule has 6 nitrogen and oxygen atoms in total. The second-order valence-electron chi connectivity index (χ2n) is 4.29. The van der Waals surface area contributed by atoms with Gasteiger partial charge < -0.3 is 19.7 Å². The number of aryl methyl sites for hydroxylation is 1. The van der Waals surface area contributed by atoms with Crippen LogP contribution in [0.4, 0.5) is 5.82 Å². The molecular formula is C11H17N3O3. The first-order valence-corrected chi connectivity index (χ1v) is 5.80. The summed E-state index contributed by atoms with van der Waals surface area (Å²) in [5.41, 5.74) is -0.171. The van der Waals surface area contributed by atoms with Gasteiger partial charge in [-0.05, 0) is 6.42 Å². The zero-order chi connectivity index (χ0) is 12.4. The summed E-state index contributed by atoms with van der Waals surface area (Å²) in [7, 11) is 0. The molecule has 1 aliphatic rings. The Hall–Kier alpha value is -1.40. The highest BCUT2D eigenvalue weighted by molar-refractivity contribution is 5.38. The summed E-state index contributed by atoms with van der Waals surface area (Å²) >= 11 is 0. The number of hydrogen-bond donors (Lipinski definition) is 2. The highest BCUT2D eigenvalue weighted by Gasteiger charge is 2.31. The minimum atomic E-state index is -0.809. The van der Waals surface area contributed by atoms with E-state index in [1.54, 1.807) is 21.9 Å². The van der Waals surface area contributed by atoms with Crippen LogP contribution in [0.2, 0.25) is 0 Å². The molecule has 0 bridgehead atoms. The Morgan fingerprint density at radius 3 is 2.65 bits per heavy atom. The molecule has 1 aromatic rings. The van der Waals surface area contributed by atoms with E-state index in [1.165, 1.54) is 0 Å². The van der Waals surface area contributed by atoms with Crippen LogP contribution in [0.15, 0.2) is 17.2 Å². The number of anilines is 1. The normalized spacial score (nSPS) is 24.3. The van der Waals surface area contributed by atoms with Gasteiger partial charge in [-0.1, -0.05) is 6.92 Å². The van der Waals surface area contributed by atoms with Gasteiger partial charge in [0.25, 0.3) is 5.56 Å². The van der Waals surface area contributed by atoms with Crippen LogP contribution in [0.3, 0.4) is 0 Å². The Morgan fingerprint density at radius 2 is 2.06 bits per heavy atom. The number of rotatable bonds is 3. The first kappa shape index (κ1) is 12.1. The third-order valence-electron chi connectivity index (χ3n) is 2.92. The van der Waals surface area contributed by atoms with Crippen molar-refractivity contribution in [1.82, 2.24) is 9.55 Å². The van der Waals surface area contributed by atoms with Crippen LogP contribution < -0.4 is 10.5 Å². The zero-order valence-corrected chi connectivity index (χ0v) is 9.78. The summed E-state index contributed by atoms with van der Waals surface area (Å²) < 4.78 is 1.60. The van der Waals surface area contributed by atoms with Gasteiger partial charge in [0.1, 0.15) is 0 Å². The van der Waals surface area contributed by atoms with Crippen molar-refractivity contribution in [3.63, 3.8) is 0 Å². The monoisotopic (exact) mass is 239 g/mol. The molecule has 2 rings (SSSR count). The lowest BCUT2D eigenvalue weighted by Crippen LogP contribution is -2.32. The molecule has 0 aromatic carbocycles. The van der Waals surface area contributed by atoms with Crippen LogP contribution in [0.25, 0.3) is 0 Å². The quantitative estimate of drug-likeness (QED) is 0.721. The lowest BCUT2D eigenvalue weighted by Gasteiger charge is -2.16. The van der Waals surface area contributed by atoms with Crippen LogP contribution in [-0.2, 0) is 6.54 Å². The molecule has 2 heterocycles. The Balaban J connectivity index is 2.28. The number of nitrogens with zero attached hydrogens (tertiary/aromatic N) is 3. The van der Waals surface area contributed by atoms with E-state index in [2.05, 4.69) is 4.98 Å². The van der Waals surface area contributed by atoms with Gasteiger partial charge in [0.05, 0.1) is 12.2 Å². The Labute approximate surface area is 99.1 Å². The van der Waals surface area contributed by atoms with Crippen LogP contribution in [-0.4, -0.2) is 45.1 Å². The average Bonchev–Trinajstić information content (AvgIpc) is 2.62. The lowest BCUT2D eigenvalue weighted by molar-refractivity contribution is 0.0572. The largest absolute Gasteiger partial charge is 0.389 e. The standard InChI is InChI=1S/C11H17N3O3/c1-2-4-13-5-3-12-10(11(13)17)14-6-8(15)9(16)7-14/h3,5,8-9,15-16H,2,4,6-7H2,1H3. The third kappa shape index (κ3) is 2.32. The number of hydrogen-bond acceptors (Lipinski definition) is 5. The van der Waals surface area contributed by atoms with Crippen LogP contribution >= 0.6 is 0 Å². The SMILES string of the molecule is CCCn1ccnc(N2CC(O)C(O)C2)c1=O. The Kier molecular flexibility index (Phi) is 3.44. The van der Waals surface area contributed by atoms with E-state index in [9.17, 15) is 15.0 Å². The third-order valence-corrected chi connectivity index (χ3v) is 2.92. The molecule has 1 aromatic heterocycles. The fourth-order valence-corrected chi connectivity index (χ4v) is 2.01. The highest BCUT2D eigenvalue weighted by atomic mass is 16.3. The smallest absolute Gasteiger partial charge is 0.293 e. The van der Waals surface area contributed by atoms with Crippen molar-refractivity contribution in [3.05, 3.63) is 22.7 Å². The van der Waals surface area contributed by atoms with E-state index in [0.717, 1.165) is 6.42 Å². The molecule has 0 spiro atoms. The van der Waals surface area contributed by atoms with E-state index in [1.807, 2.05) is 6.92 Å². The molecule has 2 N–H and O–H groups in total. The van der Waals surface area contributed by atoms with Crippen molar-refractivity contribution < 1.29 is 10.2 Å². The van der Waals surface area contributed by atoms with E-state index in [4.69, 9.17) is 0 Å². The van der Waals surface area contributed by atoms with Crippen LogP contribution in [0.5, 0.6) is 0 Å². The maximum Gasteiger partial charge on any atom is 0.293 e. The number of aromatic nitrogens is 2. The minimum Gasteiger partial charge on any atom is -0.389 e. The van der Waals surface area contributed by atoms with Crippen molar-refractivity contribution in [2.45, 2.75) is 32.1 Å². The van der Waals surface area contributed by atoms with Crippen molar-refractivity contribution in [1.29, 1.82) is 0 Å². The highest BCUT2D eigenvalue weighted by Crippen LogP contribution is 2.14. The summed E-state index contributed by atoms with van der Waals surface area (Å²) in [5, 5.41) is 18.9. The molecular weight excluding hydrogens is 222 g/mol. The van der Waals surface area contributed by atoms with E-state index in [0.29, 0.717) is 12.4 Å². The zero-order valence-electron chi connectivity index (χ0n) is 9.78. The molecule has 1 saturated heterocycles. The van der Waals surface area contributed by atoms with E-state index < -0.39 is 12.2 Å². The van der Waals surface area contributed by atoms with Gasteiger partial charge in [-0.3, -0.25) is 4.79 Å². The van der Waals surface area contributed by atoms with Gasteiger partial charge >= 0.3 is 0 Å². The van der Waals surface area contributed by atoms with Crippen molar-refractivity contribution >= 4 is 5.82 Å². The molecule has 17 heavy (non-hydrogen) atoms. The Morgan fingerprint density at radius 1 is 1.41 bits per heavy atom. The maximum absolute atomic E-state index is 12.1. The summed E-state index contributed by atoms with van der Waals surface area (Å²) in [6.07, 6.45) is 2.48. The van der Waals surface area contributed by atoms with Gasteiger partial charge in [0.15, 0.2) is 5.82 Å². The van der Waals surface area contributed by atoms with Gasteiger partial charge in [0.2, 0.25) is 0 Å². The van der Waals surface area contributed by atoms with Crippen molar-refractivity contribution in [2.24, 2.45) is 0 Å². The molecule has 0 saturated carbocycles. The second kappa shape index (κ2) is 4.85. The molecule has 0 aliphatic carbocycles. The molecule has 94 valence electrons. The first-order chi connectivity index (χ1) is 8.13. The van der Waals surface area contributed by atoms with E-state index >= 15 is 0 Å². The van der Waals surface area contributed by atoms with Crippen LogP contribution in [0.1, 0.15) is 13.3 Å². The van der Waals surface area contributed by atoms with Gasteiger partial charge in [0, 0.05) is 32.0 Å². The maximum atomic E-state index is 12.1. The van der Waals surface area contributed by atoms with Gasteiger partial charge in [-0.15, -0.1) is 0 Å². The molecule has 0 radical (unpaired) electrons. The van der Waals surface area contributed by atoms with Gasteiger partial charge in [-0.25, -0.2) is 4.98 Å². The molecule has 1 fully saturated rings.